The monoisotopic (exact) mass is 360 g/mol. The van der Waals surface area contributed by atoms with Gasteiger partial charge in [-0.15, -0.1) is 0 Å². The van der Waals surface area contributed by atoms with Crippen LogP contribution in [0.5, 0.6) is 0 Å². The van der Waals surface area contributed by atoms with E-state index in [1.165, 1.54) is 0 Å². The summed E-state index contributed by atoms with van der Waals surface area (Å²) in [5, 5.41) is 6.23. The van der Waals surface area contributed by atoms with Crippen LogP contribution in [0.15, 0.2) is 54.9 Å². The second-order valence-corrected chi connectivity index (χ2v) is 6.99. The largest absolute Gasteiger partial charge is 0.500 e. The van der Waals surface area contributed by atoms with Crippen molar-refractivity contribution in [3.63, 3.8) is 0 Å². The summed E-state index contributed by atoms with van der Waals surface area (Å²) in [6.45, 7) is 16.5. The standard InChI is InChI=1S/C21H32N2O3/c1-14(2)19(16(5)22-20(15(3)4)17(6)25-7)23-21(24)26-13-18-11-9-8-10-12-18/h8-12,14-15,19-20,22H,5-6,13H2,1-4,7H3,(H,23,24)/t19-,20-/m0/s1. The fraction of sp³-hybridized carbons (Fsp3) is 0.476. The van der Waals surface area contributed by atoms with Gasteiger partial charge in [-0.25, -0.2) is 4.79 Å². The molecule has 0 aliphatic carbocycles. The van der Waals surface area contributed by atoms with Crippen molar-refractivity contribution in [3.8, 4) is 0 Å². The Morgan fingerprint density at radius 3 is 2.08 bits per heavy atom. The zero-order chi connectivity index (χ0) is 19.7. The van der Waals surface area contributed by atoms with E-state index in [0.29, 0.717) is 11.5 Å². The maximum atomic E-state index is 12.2. The average Bonchev–Trinajstić information content (AvgIpc) is 2.61. The first-order chi connectivity index (χ1) is 12.3. The molecule has 0 aliphatic rings. The predicted octanol–water partition coefficient (Wildman–Crippen LogP) is 4.23. The zero-order valence-electron chi connectivity index (χ0n) is 16.5. The van der Waals surface area contributed by atoms with Crippen molar-refractivity contribution in [2.75, 3.05) is 7.11 Å². The minimum atomic E-state index is -0.470. The summed E-state index contributed by atoms with van der Waals surface area (Å²) in [6, 6.07) is 9.21. The maximum absolute atomic E-state index is 12.2. The summed E-state index contributed by atoms with van der Waals surface area (Å²) in [4.78, 5) is 12.2. The summed E-state index contributed by atoms with van der Waals surface area (Å²) >= 11 is 0. The van der Waals surface area contributed by atoms with Gasteiger partial charge >= 0.3 is 6.09 Å². The van der Waals surface area contributed by atoms with Crippen molar-refractivity contribution in [1.82, 2.24) is 10.6 Å². The molecule has 1 rings (SSSR count). The summed E-state index contributed by atoms with van der Waals surface area (Å²) < 4.78 is 10.6. The van der Waals surface area contributed by atoms with Gasteiger partial charge in [0.25, 0.3) is 0 Å². The van der Waals surface area contributed by atoms with Gasteiger partial charge in [-0.3, -0.25) is 0 Å². The van der Waals surface area contributed by atoms with Crippen molar-refractivity contribution in [2.24, 2.45) is 11.8 Å². The lowest BCUT2D eigenvalue weighted by atomic mass is 9.98. The molecule has 5 heteroatoms. The number of alkyl carbamates (subject to hydrolysis) is 1. The summed E-state index contributed by atoms with van der Waals surface area (Å²) in [5.74, 6) is 1.04. The number of nitrogens with one attached hydrogen (secondary N) is 2. The van der Waals surface area contributed by atoms with Gasteiger partial charge in [0.1, 0.15) is 12.4 Å². The van der Waals surface area contributed by atoms with Gasteiger partial charge in [0.2, 0.25) is 0 Å². The lowest BCUT2D eigenvalue weighted by molar-refractivity contribution is 0.134. The molecule has 0 saturated carbocycles. The van der Waals surface area contributed by atoms with Crippen LogP contribution in [-0.2, 0) is 16.1 Å². The maximum Gasteiger partial charge on any atom is 0.408 e. The number of amides is 1. The molecule has 1 aromatic carbocycles. The number of benzene rings is 1. The van der Waals surface area contributed by atoms with Crippen LogP contribution in [0, 0.1) is 11.8 Å². The van der Waals surface area contributed by atoms with Crippen LogP contribution in [0.25, 0.3) is 0 Å². The third-order valence-corrected chi connectivity index (χ3v) is 4.14. The Hall–Kier alpha value is -2.43. The van der Waals surface area contributed by atoms with Gasteiger partial charge < -0.3 is 20.1 Å². The number of rotatable bonds is 10. The number of carbonyl (C=O) groups excluding carboxylic acids is 1. The van der Waals surface area contributed by atoms with Gasteiger partial charge in [0.15, 0.2) is 0 Å². The lowest BCUT2D eigenvalue weighted by Gasteiger charge is -2.31. The van der Waals surface area contributed by atoms with Crippen molar-refractivity contribution in [3.05, 3.63) is 60.5 Å². The topological polar surface area (TPSA) is 59.6 Å². The normalized spacial score (nSPS) is 13.0. The molecular weight excluding hydrogens is 328 g/mol. The van der Waals surface area contributed by atoms with Crippen molar-refractivity contribution >= 4 is 6.09 Å². The van der Waals surface area contributed by atoms with E-state index in [0.717, 1.165) is 5.56 Å². The van der Waals surface area contributed by atoms with Gasteiger partial charge in [-0.2, -0.15) is 0 Å². The van der Waals surface area contributed by atoms with E-state index in [4.69, 9.17) is 9.47 Å². The Balaban J connectivity index is 2.67. The Labute approximate surface area is 157 Å². The van der Waals surface area contributed by atoms with E-state index in [1.807, 2.05) is 44.2 Å². The Morgan fingerprint density at radius 1 is 1.00 bits per heavy atom. The van der Waals surface area contributed by atoms with Gasteiger partial charge in [0, 0.05) is 5.70 Å². The van der Waals surface area contributed by atoms with Gasteiger partial charge in [0.05, 0.1) is 19.2 Å². The first-order valence-electron chi connectivity index (χ1n) is 8.91. The highest BCUT2D eigenvalue weighted by Crippen LogP contribution is 2.16. The Kier molecular flexibility index (Phi) is 8.76. The van der Waals surface area contributed by atoms with Crippen molar-refractivity contribution in [1.29, 1.82) is 0 Å². The number of methoxy groups -OCH3 is 1. The smallest absolute Gasteiger partial charge is 0.408 e. The van der Waals surface area contributed by atoms with E-state index in [1.54, 1.807) is 7.11 Å². The van der Waals surface area contributed by atoms with E-state index in [9.17, 15) is 4.79 Å². The third kappa shape index (κ3) is 6.82. The molecule has 0 unspecified atom stereocenters. The molecular formula is C21H32N2O3. The Bertz CT molecular complexity index is 597. The second-order valence-electron chi connectivity index (χ2n) is 6.99. The van der Waals surface area contributed by atoms with Gasteiger partial charge in [-0.1, -0.05) is 71.2 Å². The molecule has 1 aromatic rings. The number of hydrogen-bond donors (Lipinski definition) is 2. The number of carbonyl (C=O) groups is 1. The van der Waals surface area contributed by atoms with Crippen LogP contribution in [0.2, 0.25) is 0 Å². The van der Waals surface area contributed by atoms with Gasteiger partial charge in [-0.05, 0) is 17.4 Å². The molecule has 26 heavy (non-hydrogen) atoms. The molecule has 0 radical (unpaired) electrons. The molecule has 2 N–H and O–H groups in total. The highest BCUT2D eigenvalue weighted by Gasteiger charge is 2.25. The first kappa shape index (κ1) is 21.6. The van der Waals surface area contributed by atoms with Crippen LogP contribution in [-0.4, -0.2) is 25.3 Å². The van der Waals surface area contributed by atoms with Crippen LogP contribution in [0.3, 0.4) is 0 Å². The van der Waals surface area contributed by atoms with Crippen LogP contribution < -0.4 is 10.6 Å². The highest BCUT2D eigenvalue weighted by atomic mass is 16.5. The minimum Gasteiger partial charge on any atom is -0.500 e. The second kappa shape index (κ2) is 10.5. The minimum absolute atomic E-state index is 0.0871. The predicted molar refractivity (Wildman–Crippen MR) is 105 cm³/mol. The summed E-state index contributed by atoms with van der Waals surface area (Å²) in [5.41, 5.74) is 1.64. The SMILES string of the molecule is C=C(N[C@H](C(=C)OC)C(C)C)[C@@H](NC(=O)OCc1ccccc1)C(C)C. The molecule has 0 heterocycles. The van der Waals surface area contributed by atoms with E-state index in [-0.39, 0.29) is 30.5 Å². The lowest BCUT2D eigenvalue weighted by Crippen LogP contribution is -2.47. The molecule has 1 amide bonds. The Morgan fingerprint density at radius 2 is 1.58 bits per heavy atom. The number of hydrogen-bond acceptors (Lipinski definition) is 4. The fourth-order valence-corrected chi connectivity index (χ4v) is 2.58. The zero-order valence-corrected chi connectivity index (χ0v) is 16.5. The first-order valence-corrected chi connectivity index (χ1v) is 8.91. The molecule has 0 aromatic heterocycles. The molecule has 144 valence electrons. The highest BCUT2D eigenvalue weighted by molar-refractivity contribution is 5.68. The number of ether oxygens (including phenoxy) is 2. The summed E-state index contributed by atoms with van der Waals surface area (Å²) in [7, 11) is 1.60. The fourth-order valence-electron chi connectivity index (χ4n) is 2.58. The molecule has 2 atom stereocenters. The molecule has 0 aliphatic heterocycles. The van der Waals surface area contributed by atoms with Crippen LogP contribution >= 0.6 is 0 Å². The third-order valence-electron chi connectivity index (χ3n) is 4.14. The molecule has 0 bridgehead atoms. The van der Waals surface area contributed by atoms with Crippen molar-refractivity contribution in [2.45, 2.75) is 46.4 Å². The molecule has 0 spiro atoms. The molecule has 5 nitrogen and oxygen atoms in total. The quantitative estimate of drug-likeness (QED) is 0.613. The van der Waals surface area contributed by atoms with Crippen LogP contribution in [0.4, 0.5) is 4.79 Å². The molecule has 0 fully saturated rings. The average molecular weight is 360 g/mol. The van der Waals surface area contributed by atoms with E-state index < -0.39 is 6.09 Å². The van der Waals surface area contributed by atoms with Crippen LogP contribution in [0.1, 0.15) is 33.3 Å². The van der Waals surface area contributed by atoms with Crippen molar-refractivity contribution < 1.29 is 14.3 Å². The molecule has 0 saturated heterocycles. The summed E-state index contributed by atoms with van der Waals surface area (Å²) in [6.07, 6.45) is -0.470. The van der Waals surface area contributed by atoms with E-state index in [2.05, 4.69) is 37.6 Å². The van der Waals surface area contributed by atoms with E-state index >= 15 is 0 Å².